The van der Waals surface area contributed by atoms with Gasteiger partial charge in [0.05, 0.1) is 18.2 Å². The van der Waals surface area contributed by atoms with Crippen LogP contribution in [0.4, 0.5) is 5.69 Å². The number of anilines is 1. The van der Waals surface area contributed by atoms with E-state index >= 15 is 0 Å². The van der Waals surface area contributed by atoms with Crippen LogP contribution in [0, 0.1) is 11.3 Å². The van der Waals surface area contributed by atoms with Gasteiger partial charge in [-0.05, 0) is 24.3 Å². The van der Waals surface area contributed by atoms with Crippen LogP contribution in [0.15, 0.2) is 24.3 Å². The predicted molar refractivity (Wildman–Crippen MR) is 69.4 cm³/mol. The van der Waals surface area contributed by atoms with Gasteiger partial charge in [-0.25, -0.2) is 0 Å². The molecule has 1 unspecified atom stereocenters. The molecular formula is C13H14N4O2. The van der Waals surface area contributed by atoms with E-state index in [1.165, 1.54) is 4.90 Å². The summed E-state index contributed by atoms with van der Waals surface area (Å²) in [5.41, 5.74) is 1.26. The lowest BCUT2D eigenvalue weighted by Crippen LogP contribution is -2.58. The highest BCUT2D eigenvalue weighted by Gasteiger charge is 2.26. The van der Waals surface area contributed by atoms with Crippen molar-refractivity contribution in [3.05, 3.63) is 29.8 Å². The van der Waals surface area contributed by atoms with Gasteiger partial charge in [-0.3, -0.25) is 14.9 Å². The molecule has 1 aliphatic rings. The van der Waals surface area contributed by atoms with Gasteiger partial charge in [-0.2, -0.15) is 5.26 Å². The summed E-state index contributed by atoms with van der Waals surface area (Å²) in [5.74, 6) is -0.227. The van der Waals surface area contributed by atoms with Crippen molar-refractivity contribution in [2.45, 2.75) is 6.04 Å². The monoisotopic (exact) mass is 258 g/mol. The van der Waals surface area contributed by atoms with Crippen LogP contribution in [0.1, 0.15) is 5.56 Å². The van der Waals surface area contributed by atoms with Crippen molar-refractivity contribution in [2.75, 3.05) is 25.0 Å². The van der Waals surface area contributed by atoms with E-state index in [0.717, 1.165) is 0 Å². The SMILES string of the molecule is CN(C(=O)C1CNC(=O)CN1)c1ccc(C#N)cc1. The molecule has 19 heavy (non-hydrogen) atoms. The Bertz CT molecular complexity index is 523. The number of nitriles is 1. The van der Waals surface area contributed by atoms with E-state index in [-0.39, 0.29) is 24.9 Å². The molecule has 2 N–H and O–H groups in total. The lowest BCUT2D eigenvalue weighted by molar-refractivity contribution is -0.125. The van der Waals surface area contributed by atoms with Crippen LogP contribution in [-0.4, -0.2) is 38.0 Å². The molecule has 0 bridgehead atoms. The maximum Gasteiger partial charge on any atom is 0.245 e. The topological polar surface area (TPSA) is 85.2 Å². The standard InChI is InChI=1S/C13H14N4O2/c1-17(10-4-2-9(6-14)3-5-10)13(19)11-7-16-12(18)8-15-11/h2-5,11,15H,7-8H2,1H3,(H,16,18). The maximum absolute atomic E-state index is 12.2. The molecule has 2 rings (SSSR count). The minimum absolute atomic E-state index is 0.106. The summed E-state index contributed by atoms with van der Waals surface area (Å²) in [6, 6.07) is 8.37. The van der Waals surface area contributed by atoms with E-state index in [1.54, 1.807) is 31.3 Å². The number of hydrogen-bond donors (Lipinski definition) is 2. The Morgan fingerprint density at radius 1 is 1.42 bits per heavy atom. The molecule has 0 spiro atoms. The van der Waals surface area contributed by atoms with Crippen molar-refractivity contribution in [1.29, 1.82) is 5.26 Å². The highest BCUT2D eigenvalue weighted by Crippen LogP contribution is 2.14. The summed E-state index contributed by atoms with van der Waals surface area (Å²) in [7, 11) is 1.67. The summed E-state index contributed by atoms with van der Waals surface area (Å²) < 4.78 is 0. The van der Waals surface area contributed by atoms with Gasteiger partial charge < -0.3 is 10.2 Å². The van der Waals surface area contributed by atoms with Gasteiger partial charge in [-0.1, -0.05) is 0 Å². The van der Waals surface area contributed by atoms with Crippen LogP contribution in [0.3, 0.4) is 0 Å². The highest BCUT2D eigenvalue weighted by molar-refractivity contribution is 5.98. The first-order valence-corrected chi connectivity index (χ1v) is 5.89. The molecule has 0 saturated carbocycles. The number of amides is 2. The second-order valence-electron chi connectivity index (χ2n) is 4.29. The molecule has 1 atom stereocenters. The van der Waals surface area contributed by atoms with E-state index in [1.807, 2.05) is 6.07 Å². The Balaban J connectivity index is 2.06. The molecule has 2 amide bonds. The Labute approximate surface area is 111 Å². The smallest absolute Gasteiger partial charge is 0.245 e. The summed E-state index contributed by atoms with van der Waals surface area (Å²) in [6.07, 6.45) is 0. The number of likely N-dealkylation sites (N-methyl/N-ethyl adjacent to an activating group) is 1. The first kappa shape index (κ1) is 13.1. The zero-order chi connectivity index (χ0) is 13.8. The molecule has 0 aliphatic carbocycles. The Morgan fingerprint density at radius 2 is 2.11 bits per heavy atom. The third kappa shape index (κ3) is 2.89. The zero-order valence-corrected chi connectivity index (χ0v) is 10.5. The average Bonchev–Trinajstić information content (AvgIpc) is 2.46. The first-order valence-electron chi connectivity index (χ1n) is 5.89. The third-order valence-corrected chi connectivity index (χ3v) is 3.02. The van der Waals surface area contributed by atoms with Gasteiger partial charge in [-0.15, -0.1) is 0 Å². The van der Waals surface area contributed by atoms with E-state index in [2.05, 4.69) is 10.6 Å². The van der Waals surface area contributed by atoms with Crippen molar-refractivity contribution < 1.29 is 9.59 Å². The number of benzene rings is 1. The van der Waals surface area contributed by atoms with Crippen LogP contribution in [-0.2, 0) is 9.59 Å². The first-order chi connectivity index (χ1) is 9.11. The largest absolute Gasteiger partial charge is 0.353 e. The van der Waals surface area contributed by atoms with Crippen LogP contribution >= 0.6 is 0 Å². The normalized spacial score (nSPS) is 18.3. The lowest BCUT2D eigenvalue weighted by atomic mass is 10.1. The number of piperazine rings is 1. The van der Waals surface area contributed by atoms with E-state index in [0.29, 0.717) is 11.3 Å². The highest BCUT2D eigenvalue weighted by atomic mass is 16.2. The minimum Gasteiger partial charge on any atom is -0.353 e. The number of nitrogens with one attached hydrogen (secondary N) is 2. The number of hydrogen-bond acceptors (Lipinski definition) is 4. The Morgan fingerprint density at radius 3 is 2.63 bits per heavy atom. The van der Waals surface area contributed by atoms with E-state index in [9.17, 15) is 9.59 Å². The molecule has 1 fully saturated rings. The molecule has 0 radical (unpaired) electrons. The van der Waals surface area contributed by atoms with Gasteiger partial charge >= 0.3 is 0 Å². The summed E-state index contributed by atoms with van der Waals surface area (Å²) in [6.45, 7) is 0.440. The number of nitrogens with zero attached hydrogens (tertiary/aromatic N) is 2. The van der Waals surface area contributed by atoms with Gasteiger partial charge in [0, 0.05) is 19.3 Å². The van der Waals surface area contributed by atoms with Crippen molar-refractivity contribution >= 4 is 17.5 Å². The van der Waals surface area contributed by atoms with Crippen LogP contribution in [0.5, 0.6) is 0 Å². The third-order valence-electron chi connectivity index (χ3n) is 3.02. The van der Waals surface area contributed by atoms with Crippen LogP contribution < -0.4 is 15.5 Å². The fraction of sp³-hybridized carbons (Fsp3) is 0.308. The van der Waals surface area contributed by atoms with Gasteiger partial charge in [0.2, 0.25) is 11.8 Å². The Hall–Kier alpha value is -2.39. The quantitative estimate of drug-likeness (QED) is 0.756. The molecule has 0 aromatic heterocycles. The van der Waals surface area contributed by atoms with Gasteiger partial charge in [0.25, 0.3) is 0 Å². The summed E-state index contributed by atoms with van der Waals surface area (Å²) in [5, 5.41) is 14.3. The molecular weight excluding hydrogens is 244 g/mol. The molecule has 1 aliphatic heterocycles. The fourth-order valence-corrected chi connectivity index (χ4v) is 1.86. The van der Waals surface area contributed by atoms with Crippen LogP contribution in [0.2, 0.25) is 0 Å². The van der Waals surface area contributed by atoms with Crippen molar-refractivity contribution in [3.63, 3.8) is 0 Å². The molecule has 1 aromatic rings. The Kier molecular flexibility index (Phi) is 3.78. The van der Waals surface area contributed by atoms with E-state index in [4.69, 9.17) is 5.26 Å². The minimum atomic E-state index is -0.418. The van der Waals surface area contributed by atoms with Gasteiger partial charge in [0.1, 0.15) is 6.04 Å². The molecule has 1 saturated heterocycles. The fourth-order valence-electron chi connectivity index (χ4n) is 1.86. The van der Waals surface area contributed by atoms with Crippen LogP contribution in [0.25, 0.3) is 0 Å². The number of rotatable bonds is 2. The number of carbonyl (C=O) groups is 2. The van der Waals surface area contributed by atoms with Crippen molar-refractivity contribution in [3.8, 4) is 6.07 Å². The molecule has 6 nitrogen and oxygen atoms in total. The molecule has 1 heterocycles. The average molecular weight is 258 g/mol. The van der Waals surface area contributed by atoms with Crippen molar-refractivity contribution in [2.24, 2.45) is 0 Å². The van der Waals surface area contributed by atoms with E-state index < -0.39 is 6.04 Å². The molecule has 98 valence electrons. The summed E-state index contributed by atoms with van der Waals surface area (Å²) in [4.78, 5) is 24.7. The lowest BCUT2D eigenvalue weighted by Gasteiger charge is -2.27. The van der Waals surface area contributed by atoms with Gasteiger partial charge in [0.15, 0.2) is 0 Å². The summed E-state index contributed by atoms with van der Waals surface area (Å²) >= 11 is 0. The number of carbonyl (C=O) groups excluding carboxylic acids is 2. The molecule has 6 heteroatoms. The molecule has 1 aromatic carbocycles. The zero-order valence-electron chi connectivity index (χ0n) is 10.5. The second-order valence-corrected chi connectivity index (χ2v) is 4.29. The van der Waals surface area contributed by atoms with Crippen molar-refractivity contribution in [1.82, 2.24) is 10.6 Å². The predicted octanol–water partition coefficient (Wildman–Crippen LogP) is -0.391. The second kappa shape index (κ2) is 5.50. The maximum atomic E-state index is 12.2.